The molecule has 0 saturated carbocycles. The molecule has 4 rings (SSSR count). The van der Waals surface area contributed by atoms with Crippen LogP contribution in [0.5, 0.6) is 5.75 Å². The summed E-state index contributed by atoms with van der Waals surface area (Å²) in [6, 6.07) is 14.5. The first-order chi connectivity index (χ1) is 11.3. The number of hydrogen-bond donors (Lipinski definition) is 0. The summed E-state index contributed by atoms with van der Waals surface area (Å²) in [5.74, 6) is 1.94. The van der Waals surface area contributed by atoms with Gasteiger partial charge in [0.15, 0.2) is 0 Å². The molecule has 0 radical (unpaired) electrons. The van der Waals surface area contributed by atoms with Crippen LogP contribution in [0, 0.1) is 0 Å². The number of aromatic nitrogens is 1. The van der Waals surface area contributed by atoms with Crippen LogP contribution in [0.2, 0.25) is 0 Å². The standard InChI is InChI=1S/C18H17N3OS/c1-21-11-10-19-18(21)13-8-6-12(7-9-13)17-16-14(22-2)4-3-5-15(16)23-20-17/h3-9H,10-11H2,1-2H3. The van der Waals surface area contributed by atoms with Crippen LogP contribution in [0.25, 0.3) is 21.3 Å². The van der Waals surface area contributed by atoms with Crippen molar-refractivity contribution in [1.82, 2.24) is 9.27 Å². The van der Waals surface area contributed by atoms with Crippen LogP contribution in [-0.4, -0.2) is 42.4 Å². The molecule has 0 fully saturated rings. The average molecular weight is 323 g/mol. The maximum Gasteiger partial charge on any atom is 0.130 e. The third-order valence-corrected chi connectivity index (χ3v) is 4.97. The van der Waals surface area contributed by atoms with Gasteiger partial charge in [0.25, 0.3) is 0 Å². The molecule has 0 unspecified atom stereocenters. The van der Waals surface area contributed by atoms with E-state index in [1.54, 1.807) is 7.11 Å². The minimum Gasteiger partial charge on any atom is -0.496 e. The SMILES string of the molecule is COc1cccc2snc(-c3ccc(C4=NCCN4C)cc3)c12. The summed E-state index contributed by atoms with van der Waals surface area (Å²) in [6.45, 7) is 1.87. The second kappa shape index (κ2) is 5.66. The van der Waals surface area contributed by atoms with Gasteiger partial charge in [-0.3, -0.25) is 4.99 Å². The van der Waals surface area contributed by atoms with Gasteiger partial charge in [-0.1, -0.05) is 30.3 Å². The summed E-state index contributed by atoms with van der Waals surface area (Å²) in [5.41, 5.74) is 3.24. The van der Waals surface area contributed by atoms with E-state index in [0.29, 0.717) is 0 Å². The Labute approximate surface area is 139 Å². The highest BCUT2D eigenvalue weighted by molar-refractivity contribution is 7.13. The predicted octanol–water partition coefficient (Wildman–Crippen LogP) is 3.66. The molecule has 3 aromatic rings. The molecule has 116 valence electrons. The molecule has 1 aliphatic rings. The van der Waals surface area contributed by atoms with Crippen molar-refractivity contribution in [3.63, 3.8) is 0 Å². The van der Waals surface area contributed by atoms with Gasteiger partial charge in [-0.25, -0.2) is 0 Å². The van der Waals surface area contributed by atoms with E-state index >= 15 is 0 Å². The Morgan fingerprint density at radius 2 is 1.87 bits per heavy atom. The first kappa shape index (κ1) is 14.2. The number of methoxy groups -OCH3 is 1. The van der Waals surface area contributed by atoms with Crippen molar-refractivity contribution >= 4 is 27.5 Å². The summed E-state index contributed by atoms with van der Waals surface area (Å²) in [4.78, 5) is 6.76. The zero-order valence-corrected chi connectivity index (χ0v) is 13.9. The van der Waals surface area contributed by atoms with Crippen molar-refractivity contribution < 1.29 is 4.74 Å². The number of amidine groups is 1. The Balaban J connectivity index is 1.77. The smallest absolute Gasteiger partial charge is 0.130 e. The monoisotopic (exact) mass is 323 g/mol. The highest BCUT2D eigenvalue weighted by Gasteiger charge is 2.16. The van der Waals surface area contributed by atoms with E-state index in [1.807, 2.05) is 12.1 Å². The van der Waals surface area contributed by atoms with Crippen molar-refractivity contribution in [2.75, 3.05) is 27.2 Å². The number of aliphatic imine (C=N–C) groups is 1. The zero-order valence-electron chi connectivity index (χ0n) is 13.1. The minimum absolute atomic E-state index is 0.871. The van der Waals surface area contributed by atoms with Gasteiger partial charge < -0.3 is 9.64 Å². The molecular weight excluding hydrogens is 306 g/mol. The molecule has 2 aromatic carbocycles. The number of hydrogen-bond acceptors (Lipinski definition) is 5. The molecule has 0 saturated heterocycles. The van der Waals surface area contributed by atoms with E-state index < -0.39 is 0 Å². The zero-order chi connectivity index (χ0) is 15.8. The van der Waals surface area contributed by atoms with Crippen LogP contribution in [-0.2, 0) is 0 Å². The van der Waals surface area contributed by atoms with Crippen LogP contribution in [0.3, 0.4) is 0 Å². The number of nitrogens with zero attached hydrogens (tertiary/aromatic N) is 3. The fraction of sp³-hybridized carbons (Fsp3) is 0.222. The maximum atomic E-state index is 5.51. The molecule has 0 N–H and O–H groups in total. The van der Waals surface area contributed by atoms with Gasteiger partial charge in [0.05, 0.1) is 29.4 Å². The van der Waals surface area contributed by atoms with Gasteiger partial charge in [-0.05, 0) is 23.7 Å². The van der Waals surface area contributed by atoms with Crippen molar-refractivity contribution in [2.24, 2.45) is 4.99 Å². The van der Waals surface area contributed by atoms with Crippen LogP contribution < -0.4 is 4.74 Å². The largest absolute Gasteiger partial charge is 0.496 e. The highest BCUT2D eigenvalue weighted by Crippen LogP contribution is 2.37. The molecule has 0 amide bonds. The molecule has 4 nitrogen and oxygen atoms in total. The van der Waals surface area contributed by atoms with Crippen molar-refractivity contribution in [3.8, 4) is 17.0 Å². The third-order valence-electron chi connectivity index (χ3n) is 4.16. The predicted molar refractivity (Wildman–Crippen MR) is 95.6 cm³/mol. The van der Waals surface area contributed by atoms with Gasteiger partial charge in [0, 0.05) is 24.7 Å². The Morgan fingerprint density at radius 3 is 2.57 bits per heavy atom. The summed E-state index contributed by atoms with van der Waals surface area (Å²) in [5, 5.41) is 1.09. The lowest BCUT2D eigenvalue weighted by Crippen LogP contribution is -2.23. The van der Waals surface area contributed by atoms with Gasteiger partial charge in [-0.15, -0.1) is 0 Å². The van der Waals surface area contributed by atoms with E-state index in [0.717, 1.165) is 51.6 Å². The fourth-order valence-corrected chi connectivity index (χ4v) is 3.76. The number of ether oxygens (including phenoxy) is 1. The maximum absolute atomic E-state index is 5.51. The summed E-state index contributed by atoms with van der Waals surface area (Å²) < 4.78 is 11.3. The van der Waals surface area contributed by atoms with E-state index in [1.165, 1.54) is 11.5 Å². The topological polar surface area (TPSA) is 37.7 Å². The van der Waals surface area contributed by atoms with Crippen molar-refractivity contribution in [2.45, 2.75) is 0 Å². The second-order valence-corrected chi connectivity index (χ2v) is 6.37. The van der Waals surface area contributed by atoms with Crippen LogP contribution >= 0.6 is 11.5 Å². The van der Waals surface area contributed by atoms with E-state index in [4.69, 9.17) is 4.74 Å². The first-order valence-electron chi connectivity index (χ1n) is 7.56. The molecule has 5 heteroatoms. The lowest BCUT2D eigenvalue weighted by Gasteiger charge is -2.13. The molecule has 23 heavy (non-hydrogen) atoms. The number of fused-ring (bicyclic) bond motifs is 1. The molecular formula is C18H17N3OS. The summed E-state index contributed by atoms with van der Waals surface area (Å²) in [7, 11) is 3.78. The lowest BCUT2D eigenvalue weighted by atomic mass is 10.0. The van der Waals surface area contributed by atoms with Crippen molar-refractivity contribution in [3.05, 3.63) is 48.0 Å². The van der Waals surface area contributed by atoms with Crippen LogP contribution in [0.15, 0.2) is 47.5 Å². The molecule has 1 aromatic heterocycles. The number of rotatable bonds is 3. The first-order valence-corrected chi connectivity index (χ1v) is 8.34. The van der Waals surface area contributed by atoms with Crippen molar-refractivity contribution in [1.29, 1.82) is 0 Å². The fourth-order valence-electron chi connectivity index (χ4n) is 2.95. The Bertz CT molecular complexity index is 883. The summed E-state index contributed by atoms with van der Waals surface area (Å²) >= 11 is 1.51. The normalized spacial score (nSPS) is 14.3. The Kier molecular flexibility index (Phi) is 3.50. The molecule has 2 heterocycles. The van der Waals surface area contributed by atoms with E-state index in [9.17, 15) is 0 Å². The average Bonchev–Trinajstić information content (AvgIpc) is 3.21. The molecule has 0 atom stereocenters. The lowest BCUT2D eigenvalue weighted by molar-refractivity contribution is 0.420. The van der Waals surface area contributed by atoms with Crippen LogP contribution in [0.1, 0.15) is 5.56 Å². The molecule has 0 spiro atoms. The number of benzene rings is 2. The second-order valence-electron chi connectivity index (χ2n) is 5.57. The molecule has 0 aliphatic carbocycles. The van der Waals surface area contributed by atoms with Gasteiger partial charge in [0.1, 0.15) is 11.6 Å². The van der Waals surface area contributed by atoms with Gasteiger partial charge >= 0.3 is 0 Å². The summed E-state index contributed by atoms with van der Waals surface area (Å²) in [6.07, 6.45) is 0. The minimum atomic E-state index is 0.871. The Hall–Kier alpha value is -2.40. The van der Waals surface area contributed by atoms with Gasteiger partial charge in [0.2, 0.25) is 0 Å². The van der Waals surface area contributed by atoms with E-state index in [2.05, 4.69) is 51.6 Å². The molecule has 0 bridgehead atoms. The van der Waals surface area contributed by atoms with E-state index in [-0.39, 0.29) is 0 Å². The third kappa shape index (κ3) is 2.37. The molecule has 1 aliphatic heterocycles. The Morgan fingerprint density at radius 1 is 1.09 bits per heavy atom. The van der Waals surface area contributed by atoms with Crippen LogP contribution in [0.4, 0.5) is 0 Å². The highest BCUT2D eigenvalue weighted by atomic mass is 32.1. The quantitative estimate of drug-likeness (QED) is 0.738. The number of likely N-dealkylation sites (N-methyl/N-ethyl adjacent to an activating group) is 1. The van der Waals surface area contributed by atoms with Gasteiger partial charge in [-0.2, -0.15) is 4.37 Å².